The molecule has 2 heterocycles. The fraction of sp³-hybridized carbons (Fsp3) is 0.667. The van der Waals surface area contributed by atoms with E-state index in [-0.39, 0.29) is 18.2 Å². The van der Waals surface area contributed by atoms with Gasteiger partial charge in [-0.3, -0.25) is 0 Å². The molecule has 0 aromatic carbocycles. The maximum atomic E-state index is 11.7. The van der Waals surface area contributed by atoms with Crippen molar-refractivity contribution < 1.29 is 18.8 Å². The summed E-state index contributed by atoms with van der Waals surface area (Å²) in [5, 5.41) is 5.59. The summed E-state index contributed by atoms with van der Waals surface area (Å²) in [4.78, 5) is 13.0. The van der Waals surface area contributed by atoms with Crippen molar-refractivity contribution in [3.8, 4) is 0 Å². The average molecular weight is 258 g/mol. The molecule has 0 unspecified atom stereocenters. The molecule has 1 aliphatic heterocycles. The highest BCUT2D eigenvalue weighted by atomic mass is 32.2. The molecule has 0 radical (unpaired) electrons. The predicted molar refractivity (Wildman–Crippen MR) is 61.9 cm³/mol. The highest BCUT2D eigenvalue weighted by Crippen LogP contribution is 2.15. The number of aromatic nitrogens is 2. The van der Waals surface area contributed by atoms with Crippen LogP contribution in [-0.4, -0.2) is 42.4 Å². The molecule has 1 N–H and O–H groups in total. The second-order valence-electron chi connectivity index (χ2n) is 3.43. The number of esters is 1. The minimum Gasteiger partial charge on any atom is -0.659 e. The number of carbonyl (C=O) groups excluding carboxylic acids is 1. The first kappa shape index (κ1) is 12.0. The van der Waals surface area contributed by atoms with Gasteiger partial charge in [-0.05, 0) is 6.92 Å². The van der Waals surface area contributed by atoms with E-state index in [9.17, 15) is 4.79 Å². The second kappa shape index (κ2) is 5.26. The molecule has 7 nitrogen and oxygen atoms in total. The summed E-state index contributed by atoms with van der Waals surface area (Å²) in [6.07, 6.45) is 0. The van der Waals surface area contributed by atoms with Crippen LogP contribution in [0.5, 0.6) is 0 Å². The number of carbonyl (C=O) groups is 1. The molecule has 94 valence electrons. The minimum absolute atomic E-state index is 0.0544. The molecule has 0 aliphatic carbocycles. The lowest BCUT2D eigenvalue weighted by molar-refractivity contribution is -0.759. The van der Waals surface area contributed by atoms with Crippen molar-refractivity contribution in [1.29, 1.82) is 0 Å². The van der Waals surface area contributed by atoms with E-state index in [0.29, 0.717) is 0 Å². The molecule has 0 saturated carbocycles. The molecule has 0 bridgehead atoms. The zero-order valence-electron chi connectivity index (χ0n) is 9.51. The molecule has 1 fully saturated rings. The molecular formula is C9H14N4O3S. The summed E-state index contributed by atoms with van der Waals surface area (Å²) in [7, 11) is 0. The molecule has 0 atom stereocenters. The van der Waals surface area contributed by atoms with E-state index in [1.54, 1.807) is 6.92 Å². The minimum atomic E-state index is -0.572. The molecular weight excluding hydrogens is 244 g/mol. The number of rotatable bonds is 3. The molecule has 1 saturated heterocycles. The summed E-state index contributed by atoms with van der Waals surface area (Å²) < 4.78 is 9.63. The third-order valence-electron chi connectivity index (χ3n) is 2.35. The van der Waals surface area contributed by atoms with Gasteiger partial charge < -0.3 is 15.0 Å². The Kier molecular flexibility index (Phi) is 3.72. The number of nitrogens with zero attached hydrogens (tertiary/aromatic N) is 3. The molecule has 8 heteroatoms. The molecule has 2 rings (SSSR count). The lowest BCUT2D eigenvalue weighted by atomic mass is 10.4. The first-order valence-electron chi connectivity index (χ1n) is 5.37. The van der Waals surface area contributed by atoms with Gasteiger partial charge in [0.25, 0.3) is 0 Å². The maximum Gasteiger partial charge on any atom is 0.411 e. The van der Waals surface area contributed by atoms with Gasteiger partial charge in [-0.25, -0.2) is 4.79 Å². The Hall–Kier alpha value is -1.44. The Morgan fingerprint density at radius 1 is 1.65 bits per heavy atom. The van der Waals surface area contributed by atoms with E-state index in [1.807, 2.05) is 16.8 Å². The molecule has 17 heavy (non-hydrogen) atoms. The van der Waals surface area contributed by atoms with Crippen molar-refractivity contribution in [3.63, 3.8) is 0 Å². The van der Waals surface area contributed by atoms with Crippen molar-refractivity contribution in [1.82, 2.24) is 5.27 Å². The molecule has 1 aliphatic rings. The van der Waals surface area contributed by atoms with Crippen molar-refractivity contribution >= 4 is 23.6 Å². The van der Waals surface area contributed by atoms with Gasteiger partial charge in [-0.2, -0.15) is 16.8 Å². The van der Waals surface area contributed by atoms with Gasteiger partial charge in [-0.15, -0.1) is 0 Å². The standard InChI is InChI=1S/C9H14N4O3S/c1-2-15-9(14)7-8(10)16-11-13(7)12-3-5-17-6-4-12/h2-6H2,1H3,(H-,10,11,14). The van der Waals surface area contributed by atoms with Gasteiger partial charge in [0.1, 0.15) is 5.88 Å². The Labute approximate surface area is 103 Å². The molecule has 0 spiro atoms. The van der Waals surface area contributed by atoms with Crippen LogP contribution in [0.15, 0.2) is 4.52 Å². The molecule has 1 aromatic rings. The van der Waals surface area contributed by atoms with Crippen molar-refractivity contribution in [2.75, 3.05) is 36.2 Å². The number of thioether (sulfide) groups is 1. The van der Waals surface area contributed by atoms with Crippen LogP contribution in [0.25, 0.3) is 5.73 Å². The predicted octanol–water partition coefficient (Wildman–Crippen LogP) is 0.507. The Morgan fingerprint density at radius 3 is 3.00 bits per heavy atom. The van der Waals surface area contributed by atoms with E-state index in [0.717, 1.165) is 24.6 Å². The van der Waals surface area contributed by atoms with Crippen LogP contribution in [0, 0.1) is 0 Å². The topological polar surface area (TPSA) is 83.2 Å². The Balaban J connectivity index is 2.24. The molecule has 1 aromatic heterocycles. The lowest BCUT2D eigenvalue weighted by Crippen LogP contribution is -2.64. The van der Waals surface area contributed by atoms with Crippen LogP contribution in [-0.2, 0) is 4.74 Å². The average Bonchev–Trinajstić information content (AvgIpc) is 2.73. The van der Waals surface area contributed by atoms with Crippen LogP contribution in [0.1, 0.15) is 17.4 Å². The van der Waals surface area contributed by atoms with Gasteiger partial charge >= 0.3 is 11.7 Å². The van der Waals surface area contributed by atoms with Gasteiger partial charge in [0.2, 0.25) is 5.27 Å². The number of ether oxygens (including phenoxy) is 1. The fourth-order valence-corrected chi connectivity index (χ4v) is 2.45. The third kappa shape index (κ3) is 2.46. The van der Waals surface area contributed by atoms with E-state index >= 15 is 0 Å². The highest BCUT2D eigenvalue weighted by Gasteiger charge is 2.33. The van der Waals surface area contributed by atoms with Crippen LogP contribution >= 0.6 is 11.8 Å². The highest BCUT2D eigenvalue weighted by molar-refractivity contribution is 7.99. The van der Waals surface area contributed by atoms with Crippen LogP contribution < -0.4 is 9.80 Å². The van der Waals surface area contributed by atoms with Crippen molar-refractivity contribution in [3.05, 3.63) is 11.4 Å². The lowest BCUT2D eigenvalue weighted by Gasteiger charge is -2.18. The Morgan fingerprint density at radius 2 is 2.35 bits per heavy atom. The summed E-state index contributed by atoms with van der Waals surface area (Å²) in [5.41, 5.74) is 7.59. The first-order valence-corrected chi connectivity index (χ1v) is 6.53. The monoisotopic (exact) mass is 258 g/mol. The fourth-order valence-electron chi connectivity index (χ4n) is 1.56. The van der Waals surface area contributed by atoms with E-state index < -0.39 is 5.97 Å². The van der Waals surface area contributed by atoms with Crippen LogP contribution in [0.2, 0.25) is 0 Å². The number of nitrogens with one attached hydrogen (secondary N) is 1. The molecule has 0 amide bonds. The smallest absolute Gasteiger partial charge is 0.411 e. The summed E-state index contributed by atoms with van der Waals surface area (Å²) in [6.45, 7) is 3.53. The first-order chi connectivity index (χ1) is 8.24. The quantitative estimate of drug-likeness (QED) is 0.580. The van der Waals surface area contributed by atoms with E-state index in [2.05, 4.69) is 5.27 Å². The zero-order chi connectivity index (χ0) is 12.3. The van der Waals surface area contributed by atoms with Gasteiger partial charge in [-0.1, -0.05) is 0 Å². The largest absolute Gasteiger partial charge is 0.659 e. The normalized spacial score (nSPS) is 15.9. The number of hydrogen-bond donors (Lipinski definition) is 0. The summed E-state index contributed by atoms with van der Waals surface area (Å²) in [5.74, 6) is 1.10. The third-order valence-corrected chi connectivity index (χ3v) is 3.29. The maximum absolute atomic E-state index is 11.7. The van der Waals surface area contributed by atoms with E-state index in [4.69, 9.17) is 15.0 Å². The van der Waals surface area contributed by atoms with Crippen LogP contribution in [0.4, 0.5) is 5.88 Å². The number of hydrogen-bond acceptors (Lipinski definition) is 6. The SMILES string of the molecule is CCOC(=O)c1c([NH-])on[n+]1N1CCSCC1. The zero-order valence-corrected chi connectivity index (χ0v) is 10.3. The van der Waals surface area contributed by atoms with Crippen LogP contribution in [0.3, 0.4) is 0 Å². The van der Waals surface area contributed by atoms with Gasteiger partial charge in [0.05, 0.1) is 24.5 Å². The van der Waals surface area contributed by atoms with Crippen molar-refractivity contribution in [2.24, 2.45) is 0 Å². The van der Waals surface area contributed by atoms with Crippen molar-refractivity contribution in [2.45, 2.75) is 6.92 Å². The van der Waals surface area contributed by atoms with Gasteiger partial charge in [0.15, 0.2) is 0 Å². The summed E-state index contributed by atoms with van der Waals surface area (Å²) >= 11 is 1.85. The second-order valence-corrected chi connectivity index (χ2v) is 4.65. The van der Waals surface area contributed by atoms with E-state index in [1.165, 1.54) is 4.79 Å². The summed E-state index contributed by atoms with van der Waals surface area (Å²) in [6, 6.07) is 0. The Bertz CT molecular complexity index is 403. The van der Waals surface area contributed by atoms with Gasteiger partial charge in [0, 0.05) is 11.5 Å².